The second-order valence-electron chi connectivity index (χ2n) is 4.61. The molecule has 18 heavy (non-hydrogen) atoms. The number of rotatable bonds is 4. The van der Waals surface area contributed by atoms with Crippen molar-refractivity contribution < 1.29 is 0 Å². The molecule has 1 atom stereocenters. The van der Waals surface area contributed by atoms with Crippen molar-refractivity contribution in [2.24, 2.45) is 0 Å². The van der Waals surface area contributed by atoms with Gasteiger partial charge in [0.1, 0.15) is 0 Å². The maximum Gasteiger partial charge on any atom is 0.0453 e. The molecule has 0 heterocycles. The summed E-state index contributed by atoms with van der Waals surface area (Å²) in [6.45, 7) is 5.00. The van der Waals surface area contributed by atoms with Gasteiger partial charge in [0.25, 0.3) is 0 Å². The molecule has 0 saturated carbocycles. The van der Waals surface area contributed by atoms with Crippen LogP contribution in [0, 0.1) is 6.92 Å². The molecular formula is C16H18ClN. The lowest BCUT2D eigenvalue weighted by Crippen LogP contribution is -2.18. The molecule has 94 valence electrons. The summed E-state index contributed by atoms with van der Waals surface area (Å²) in [4.78, 5) is 0. The van der Waals surface area contributed by atoms with E-state index in [1.165, 1.54) is 11.1 Å². The summed E-state index contributed by atoms with van der Waals surface area (Å²) < 4.78 is 0. The normalized spacial score (nSPS) is 12.4. The second-order valence-corrected chi connectivity index (χ2v) is 5.02. The van der Waals surface area contributed by atoms with E-state index in [1.807, 2.05) is 12.1 Å². The maximum absolute atomic E-state index is 6.22. The highest BCUT2D eigenvalue weighted by Gasteiger charge is 2.05. The van der Waals surface area contributed by atoms with Gasteiger partial charge in [0.15, 0.2) is 0 Å². The SMILES string of the molecule is Cc1ccc(CN[C@@H](C)c2ccccc2)c(Cl)c1. The van der Waals surface area contributed by atoms with Crippen molar-refractivity contribution >= 4 is 11.6 Å². The van der Waals surface area contributed by atoms with Gasteiger partial charge >= 0.3 is 0 Å². The van der Waals surface area contributed by atoms with Crippen molar-refractivity contribution in [1.82, 2.24) is 5.32 Å². The van der Waals surface area contributed by atoms with Gasteiger partial charge in [-0.05, 0) is 36.6 Å². The number of hydrogen-bond donors (Lipinski definition) is 1. The Morgan fingerprint density at radius 1 is 1.11 bits per heavy atom. The first-order chi connectivity index (χ1) is 8.66. The summed E-state index contributed by atoms with van der Waals surface area (Å²) in [6.07, 6.45) is 0. The van der Waals surface area contributed by atoms with Crippen LogP contribution in [0.1, 0.15) is 29.7 Å². The molecule has 1 nitrogen and oxygen atoms in total. The summed E-state index contributed by atoms with van der Waals surface area (Å²) in [5.74, 6) is 0. The fraction of sp³-hybridized carbons (Fsp3) is 0.250. The highest BCUT2D eigenvalue weighted by atomic mass is 35.5. The molecule has 0 aliphatic heterocycles. The van der Waals surface area contributed by atoms with Crippen LogP contribution in [0.2, 0.25) is 5.02 Å². The zero-order valence-corrected chi connectivity index (χ0v) is 11.5. The number of aryl methyl sites for hydroxylation is 1. The predicted octanol–water partition coefficient (Wildman–Crippen LogP) is 4.50. The minimum Gasteiger partial charge on any atom is -0.306 e. The van der Waals surface area contributed by atoms with Crippen LogP contribution in [-0.4, -0.2) is 0 Å². The van der Waals surface area contributed by atoms with Gasteiger partial charge in [-0.25, -0.2) is 0 Å². The van der Waals surface area contributed by atoms with E-state index in [1.54, 1.807) is 0 Å². The molecule has 0 unspecified atom stereocenters. The third-order valence-electron chi connectivity index (χ3n) is 3.11. The lowest BCUT2D eigenvalue weighted by molar-refractivity contribution is 0.575. The van der Waals surface area contributed by atoms with Gasteiger partial charge in [-0.1, -0.05) is 54.1 Å². The molecular weight excluding hydrogens is 242 g/mol. The van der Waals surface area contributed by atoms with Crippen LogP contribution in [0.15, 0.2) is 48.5 Å². The van der Waals surface area contributed by atoms with Crippen LogP contribution in [0.4, 0.5) is 0 Å². The molecule has 2 aromatic rings. The lowest BCUT2D eigenvalue weighted by Gasteiger charge is -2.15. The zero-order chi connectivity index (χ0) is 13.0. The largest absolute Gasteiger partial charge is 0.306 e. The Bertz CT molecular complexity index is 508. The summed E-state index contributed by atoms with van der Waals surface area (Å²) in [6, 6.07) is 16.9. The fourth-order valence-corrected chi connectivity index (χ4v) is 2.22. The molecule has 0 bridgehead atoms. The highest BCUT2D eigenvalue weighted by Crippen LogP contribution is 2.19. The molecule has 1 N–H and O–H groups in total. The Hall–Kier alpha value is -1.31. The Balaban J connectivity index is 1.99. The van der Waals surface area contributed by atoms with Crippen molar-refractivity contribution in [3.8, 4) is 0 Å². The third-order valence-corrected chi connectivity index (χ3v) is 3.46. The van der Waals surface area contributed by atoms with Crippen molar-refractivity contribution in [2.75, 3.05) is 0 Å². The topological polar surface area (TPSA) is 12.0 Å². The van der Waals surface area contributed by atoms with Crippen LogP contribution in [0.5, 0.6) is 0 Å². The van der Waals surface area contributed by atoms with Crippen molar-refractivity contribution in [3.05, 3.63) is 70.2 Å². The van der Waals surface area contributed by atoms with Crippen LogP contribution >= 0.6 is 11.6 Å². The molecule has 0 aromatic heterocycles. The Labute approximate surface area is 114 Å². The smallest absolute Gasteiger partial charge is 0.0453 e. The van der Waals surface area contributed by atoms with Gasteiger partial charge in [-0.3, -0.25) is 0 Å². The van der Waals surface area contributed by atoms with Gasteiger partial charge in [0, 0.05) is 17.6 Å². The van der Waals surface area contributed by atoms with Crippen LogP contribution in [-0.2, 0) is 6.54 Å². The van der Waals surface area contributed by atoms with Crippen molar-refractivity contribution in [2.45, 2.75) is 26.4 Å². The maximum atomic E-state index is 6.22. The van der Waals surface area contributed by atoms with E-state index >= 15 is 0 Å². The monoisotopic (exact) mass is 259 g/mol. The van der Waals surface area contributed by atoms with E-state index in [4.69, 9.17) is 11.6 Å². The standard InChI is InChI=1S/C16H18ClN/c1-12-8-9-15(16(17)10-12)11-18-13(2)14-6-4-3-5-7-14/h3-10,13,18H,11H2,1-2H3/t13-/m0/s1. The van der Waals surface area contributed by atoms with Gasteiger partial charge in [-0.2, -0.15) is 0 Å². The first kappa shape index (κ1) is 13.1. The molecule has 0 aliphatic rings. The zero-order valence-electron chi connectivity index (χ0n) is 10.8. The van der Waals surface area contributed by atoms with Gasteiger partial charge in [0.05, 0.1) is 0 Å². The molecule has 2 aromatic carbocycles. The fourth-order valence-electron chi connectivity index (χ4n) is 1.92. The van der Waals surface area contributed by atoms with Crippen LogP contribution < -0.4 is 5.32 Å². The van der Waals surface area contributed by atoms with Crippen molar-refractivity contribution in [1.29, 1.82) is 0 Å². The second kappa shape index (κ2) is 6.03. The minimum atomic E-state index is 0.323. The van der Waals surface area contributed by atoms with Gasteiger partial charge in [-0.15, -0.1) is 0 Å². The van der Waals surface area contributed by atoms with E-state index < -0.39 is 0 Å². The molecule has 0 amide bonds. The van der Waals surface area contributed by atoms with E-state index in [0.717, 1.165) is 17.1 Å². The minimum absolute atomic E-state index is 0.323. The number of halogens is 1. The molecule has 0 fully saturated rings. The molecule has 0 saturated heterocycles. The van der Waals surface area contributed by atoms with Crippen molar-refractivity contribution in [3.63, 3.8) is 0 Å². The van der Waals surface area contributed by atoms with Crippen LogP contribution in [0.3, 0.4) is 0 Å². The highest BCUT2D eigenvalue weighted by molar-refractivity contribution is 6.31. The predicted molar refractivity (Wildman–Crippen MR) is 77.9 cm³/mol. The summed E-state index contributed by atoms with van der Waals surface area (Å²) >= 11 is 6.22. The Morgan fingerprint density at radius 3 is 2.50 bits per heavy atom. The third kappa shape index (κ3) is 3.34. The number of hydrogen-bond acceptors (Lipinski definition) is 1. The molecule has 2 rings (SSSR count). The van der Waals surface area contributed by atoms with E-state index in [2.05, 4.69) is 55.6 Å². The lowest BCUT2D eigenvalue weighted by atomic mass is 10.1. The van der Waals surface area contributed by atoms with E-state index in [-0.39, 0.29) is 0 Å². The average Bonchev–Trinajstić information content (AvgIpc) is 2.38. The molecule has 0 aliphatic carbocycles. The van der Waals surface area contributed by atoms with E-state index in [0.29, 0.717) is 6.04 Å². The molecule has 0 radical (unpaired) electrons. The Morgan fingerprint density at radius 2 is 1.83 bits per heavy atom. The van der Waals surface area contributed by atoms with Crippen LogP contribution in [0.25, 0.3) is 0 Å². The summed E-state index contributed by atoms with van der Waals surface area (Å²) in [5, 5.41) is 4.33. The number of nitrogens with one attached hydrogen (secondary N) is 1. The average molecular weight is 260 g/mol. The number of benzene rings is 2. The first-order valence-corrected chi connectivity index (χ1v) is 6.58. The molecule has 0 spiro atoms. The molecule has 2 heteroatoms. The quantitative estimate of drug-likeness (QED) is 0.853. The van der Waals surface area contributed by atoms with Gasteiger partial charge in [0.2, 0.25) is 0 Å². The Kier molecular flexibility index (Phi) is 4.40. The first-order valence-electron chi connectivity index (χ1n) is 6.20. The summed E-state index contributed by atoms with van der Waals surface area (Å²) in [7, 11) is 0. The summed E-state index contributed by atoms with van der Waals surface area (Å²) in [5.41, 5.74) is 3.63. The van der Waals surface area contributed by atoms with E-state index in [9.17, 15) is 0 Å². The van der Waals surface area contributed by atoms with Gasteiger partial charge < -0.3 is 5.32 Å².